The lowest BCUT2D eigenvalue weighted by atomic mass is 10.2. The highest BCUT2D eigenvalue weighted by atomic mass is 127. The Morgan fingerprint density at radius 3 is 2.61 bits per heavy atom. The van der Waals surface area contributed by atoms with Gasteiger partial charge in [-0.3, -0.25) is 4.79 Å². The first-order valence-electron chi connectivity index (χ1n) is 11.1. The van der Waals surface area contributed by atoms with Crippen molar-refractivity contribution in [2.45, 2.75) is 26.4 Å². The maximum Gasteiger partial charge on any atom is 0.282 e. The molecule has 0 N–H and O–H groups in total. The van der Waals surface area contributed by atoms with Gasteiger partial charge in [0.25, 0.3) is 5.56 Å². The zero-order valence-corrected chi connectivity index (χ0v) is 25.2. The summed E-state index contributed by atoms with van der Waals surface area (Å²) >= 11 is 7.95. The Morgan fingerprint density at radius 1 is 1.11 bits per heavy atom. The third-order valence-electron chi connectivity index (χ3n) is 5.51. The molecule has 0 spiro atoms. The molecule has 0 atom stereocenters. The van der Waals surface area contributed by atoms with E-state index in [0.29, 0.717) is 23.3 Å². The third-order valence-corrected chi connectivity index (χ3v) is 7.61. The number of rotatable bonds is 6. The molecule has 1 aromatic heterocycles. The molecule has 184 valence electrons. The number of benzene rings is 3. The highest BCUT2D eigenvalue weighted by molar-refractivity contribution is 14.1. The summed E-state index contributed by atoms with van der Waals surface area (Å²) in [4.78, 5) is 18.0. The molecule has 7 nitrogen and oxygen atoms in total. The fourth-order valence-electron chi connectivity index (χ4n) is 3.75. The van der Waals surface area contributed by atoms with Crippen LogP contribution in [0.15, 0.2) is 62.9 Å². The van der Waals surface area contributed by atoms with Crippen molar-refractivity contribution < 1.29 is 14.2 Å². The minimum atomic E-state index is -0.200. The van der Waals surface area contributed by atoms with E-state index in [1.54, 1.807) is 12.3 Å². The molecular weight excluding hydrogens is 752 g/mol. The van der Waals surface area contributed by atoms with Crippen molar-refractivity contribution >= 4 is 78.2 Å². The Bertz CT molecular complexity index is 1550. The summed E-state index contributed by atoms with van der Waals surface area (Å²) in [6, 6.07) is 15.2. The standard InChI is InChI=1S/C26H20BrI2N3O4/c1-14(2)25-31-21-5-4-17(27)10-18(21)26(33)32(25)30-11-16-7-19(28)24(20(29)8-16)34-12-15-3-6-22-23(9-15)36-13-35-22/h3-11,14H,12-13H2,1-2H3. The van der Waals surface area contributed by atoms with Crippen LogP contribution >= 0.6 is 61.1 Å². The van der Waals surface area contributed by atoms with Crippen molar-refractivity contribution in [2.75, 3.05) is 6.79 Å². The summed E-state index contributed by atoms with van der Waals surface area (Å²) in [5.74, 6) is 2.91. The van der Waals surface area contributed by atoms with Crippen LogP contribution in [-0.2, 0) is 6.61 Å². The molecule has 10 heteroatoms. The van der Waals surface area contributed by atoms with Crippen LogP contribution in [0.2, 0.25) is 0 Å². The largest absolute Gasteiger partial charge is 0.487 e. The van der Waals surface area contributed by atoms with Crippen LogP contribution in [0, 0.1) is 7.14 Å². The zero-order chi connectivity index (χ0) is 25.4. The van der Waals surface area contributed by atoms with Crippen molar-refractivity contribution in [2.24, 2.45) is 5.10 Å². The number of nitrogens with zero attached hydrogens (tertiary/aromatic N) is 3. The van der Waals surface area contributed by atoms with Crippen molar-refractivity contribution in [1.82, 2.24) is 9.66 Å². The third kappa shape index (κ3) is 5.25. The second-order valence-electron chi connectivity index (χ2n) is 8.44. The second-order valence-corrected chi connectivity index (χ2v) is 11.7. The van der Waals surface area contributed by atoms with Crippen LogP contribution in [0.25, 0.3) is 10.9 Å². The van der Waals surface area contributed by atoms with E-state index in [1.165, 1.54) is 4.68 Å². The van der Waals surface area contributed by atoms with Gasteiger partial charge in [-0.25, -0.2) is 4.98 Å². The van der Waals surface area contributed by atoms with E-state index in [0.717, 1.165) is 40.0 Å². The van der Waals surface area contributed by atoms with E-state index in [4.69, 9.17) is 19.2 Å². The molecule has 4 aromatic rings. The molecule has 0 saturated carbocycles. The molecule has 0 bridgehead atoms. The van der Waals surface area contributed by atoms with Gasteiger partial charge in [0.2, 0.25) is 6.79 Å². The summed E-state index contributed by atoms with van der Waals surface area (Å²) in [6.45, 7) is 4.64. The molecule has 0 radical (unpaired) electrons. The van der Waals surface area contributed by atoms with Crippen LogP contribution < -0.4 is 19.8 Å². The lowest BCUT2D eigenvalue weighted by Crippen LogP contribution is -2.23. The van der Waals surface area contributed by atoms with Crippen LogP contribution in [0.3, 0.4) is 0 Å². The van der Waals surface area contributed by atoms with Gasteiger partial charge in [-0.1, -0.05) is 35.8 Å². The maximum atomic E-state index is 13.3. The first-order valence-corrected chi connectivity index (χ1v) is 14.0. The molecule has 3 aromatic carbocycles. The van der Waals surface area contributed by atoms with Gasteiger partial charge in [0, 0.05) is 10.4 Å². The fourth-order valence-corrected chi connectivity index (χ4v) is 6.24. The highest BCUT2D eigenvalue weighted by Gasteiger charge is 2.16. The number of fused-ring (bicyclic) bond motifs is 2. The van der Waals surface area contributed by atoms with Crippen molar-refractivity contribution in [1.29, 1.82) is 0 Å². The Kier molecular flexibility index (Phi) is 7.54. The average molecular weight is 772 g/mol. The number of hydrogen-bond acceptors (Lipinski definition) is 6. The average Bonchev–Trinajstić information content (AvgIpc) is 3.31. The van der Waals surface area contributed by atoms with Crippen molar-refractivity contribution in [3.8, 4) is 17.2 Å². The van der Waals surface area contributed by atoms with Gasteiger partial charge in [-0.2, -0.15) is 9.78 Å². The molecule has 1 aliphatic rings. The Labute approximate surface area is 243 Å². The smallest absolute Gasteiger partial charge is 0.282 e. The zero-order valence-electron chi connectivity index (χ0n) is 19.3. The molecule has 36 heavy (non-hydrogen) atoms. The van der Waals surface area contributed by atoms with E-state index >= 15 is 0 Å². The molecule has 0 saturated heterocycles. The summed E-state index contributed by atoms with van der Waals surface area (Å²) in [6.07, 6.45) is 1.69. The van der Waals surface area contributed by atoms with Gasteiger partial charge < -0.3 is 14.2 Å². The quantitative estimate of drug-likeness (QED) is 0.162. The van der Waals surface area contributed by atoms with Gasteiger partial charge in [0.1, 0.15) is 18.2 Å². The lowest BCUT2D eigenvalue weighted by Gasteiger charge is -2.13. The molecular formula is C26H20BrI2N3O4. The highest BCUT2D eigenvalue weighted by Crippen LogP contribution is 2.34. The van der Waals surface area contributed by atoms with Gasteiger partial charge in [-0.15, -0.1) is 0 Å². The number of aromatic nitrogens is 2. The predicted molar refractivity (Wildman–Crippen MR) is 160 cm³/mol. The summed E-state index contributed by atoms with van der Waals surface area (Å²) < 4.78 is 21.1. The minimum absolute atomic E-state index is 0.0233. The first kappa shape index (κ1) is 25.5. The first-order chi connectivity index (χ1) is 17.3. The maximum absolute atomic E-state index is 13.3. The lowest BCUT2D eigenvalue weighted by molar-refractivity contribution is 0.174. The SMILES string of the molecule is CC(C)c1nc2ccc(Br)cc2c(=O)n1N=Cc1cc(I)c(OCc2ccc3c(c2)OCO3)c(I)c1. The van der Waals surface area contributed by atoms with Crippen LogP contribution in [0.1, 0.15) is 36.7 Å². The van der Waals surface area contributed by atoms with Gasteiger partial charge in [0.15, 0.2) is 11.5 Å². The fraction of sp³-hybridized carbons (Fsp3) is 0.192. The van der Waals surface area contributed by atoms with Crippen molar-refractivity contribution in [3.63, 3.8) is 0 Å². The van der Waals surface area contributed by atoms with Gasteiger partial charge >= 0.3 is 0 Å². The number of halogens is 3. The predicted octanol–water partition coefficient (Wildman–Crippen LogP) is 6.68. The van der Waals surface area contributed by atoms with Crippen LogP contribution in [0.5, 0.6) is 17.2 Å². The van der Waals surface area contributed by atoms with E-state index in [-0.39, 0.29) is 18.3 Å². The van der Waals surface area contributed by atoms with E-state index < -0.39 is 0 Å². The monoisotopic (exact) mass is 771 g/mol. The van der Waals surface area contributed by atoms with Crippen LogP contribution in [-0.4, -0.2) is 22.7 Å². The molecule has 0 amide bonds. The van der Waals surface area contributed by atoms with Gasteiger partial charge in [0.05, 0.1) is 24.3 Å². The Balaban J connectivity index is 1.42. The van der Waals surface area contributed by atoms with E-state index in [2.05, 4.69) is 66.2 Å². The van der Waals surface area contributed by atoms with Crippen LogP contribution in [0.4, 0.5) is 0 Å². The molecule has 0 unspecified atom stereocenters. The molecule has 2 heterocycles. The minimum Gasteiger partial charge on any atom is -0.487 e. The summed E-state index contributed by atoms with van der Waals surface area (Å²) in [7, 11) is 0. The van der Waals surface area contributed by atoms with E-state index in [9.17, 15) is 4.79 Å². The van der Waals surface area contributed by atoms with Crippen molar-refractivity contribution in [3.05, 3.63) is 87.4 Å². The molecule has 5 rings (SSSR count). The number of ether oxygens (including phenoxy) is 3. The normalized spacial score (nSPS) is 12.7. The Morgan fingerprint density at radius 2 is 1.86 bits per heavy atom. The molecule has 0 fully saturated rings. The Hall–Kier alpha value is -2.19. The van der Waals surface area contributed by atoms with E-state index in [1.807, 2.05) is 56.3 Å². The molecule has 1 aliphatic heterocycles. The summed E-state index contributed by atoms with van der Waals surface area (Å²) in [5, 5.41) is 5.06. The van der Waals surface area contributed by atoms with Gasteiger partial charge in [-0.05, 0) is 98.8 Å². The summed E-state index contributed by atoms with van der Waals surface area (Å²) in [5.41, 5.74) is 2.31. The number of hydrogen-bond donors (Lipinski definition) is 0. The second kappa shape index (κ2) is 10.7. The molecule has 0 aliphatic carbocycles. The topological polar surface area (TPSA) is 74.9 Å².